The van der Waals surface area contributed by atoms with E-state index < -0.39 is 0 Å². The molecule has 2 aliphatic carbocycles. The third-order valence-corrected chi connectivity index (χ3v) is 3.41. The number of halogens is 4. The van der Waals surface area contributed by atoms with Crippen molar-refractivity contribution in [1.82, 2.24) is 0 Å². The Labute approximate surface area is 195 Å². The van der Waals surface area contributed by atoms with Crippen LogP contribution in [0.5, 0.6) is 0 Å². The number of allylic oxidation sites excluding steroid dienone is 4. The first kappa shape index (κ1) is 30.9. The third kappa shape index (κ3) is 19.1. The van der Waals surface area contributed by atoms with Gasteiger partial charge in [0.05, 0.1) is 0 Å². The average molecular weight is 566 g/mol. The van der Waals surface area contributed by atoms with Crippen molar-refractivity contribution in [3.8, 4) is 0 Å². The molecular weight excluding hydrogens is 541 g/mol. The summed E-state index contributed by atoms with van der Waals surface area (Å²) in [6, 6.07) is 0. The minimum Gasteiger partial charge on any atom is -1.00 e. The van der Waals surface area contributed by atoms with Crippen LogP contribution in [0.3, 0.4) is 0 Å². The summed E-state index contributed by atoms with van der Waals surface area (Å²) < 4.78 is 0. The van der Waals surface area contributed by atoms with Crippen LogP contribution in [0.25, 0.3) is 0 Å². The minimum absolute atomic E-state index is 0. The SMILES string of the molecule is ClCC1CC=CCC1.II.[CH2-]C1CC=CCC1.[Cl-].[H-].[H-].[Mg+2].[Mg+2]. The van der Waals surface area contributed by atoms with Gasteiger partial charge in [-0.1, -0.05) is 37.1 Å². The number of hydrogen-bond acceptors (Lipinski definition) is 0. The Morgan fingerprint density at radius 3 is 1.70 bits per heavy atom. The summed E-state index contributed by atoms with van der Waals surface area (Å²) in [6.07, 6.45) is 16.4. The van der Waals surface area contributed by atoms with Gasteiger partial charge in [-0.05, 0) is 31.6 Å². The van der Waals surface area contributed by atoms with Crippen LogP contribution >= 0.6 is 48.8 Å². The Bertz CT molecular complexity index is 237. The molecule has 0 saturated heterocycles. The second kappa shape index (κ2) is 24.3. The molecule has 0 aromatic rings. The first-order chi connectivity index (χ1) is 8.33. The zero-order valence-corrected chi connectivity index (χ0v) is 20.7. The van der Waals surface area contributed by atoms with Gasteiger partial charge in [-0.2, -0.15) is 5.92 Å². The van der Waals surface area contributed by atoms with E-state index in [1.807, 2.05) is 0 Å². The molecule has 0 fully saturated rings. The number of rotatable bonds is 1. The van der Waals surface area contributed by atoms with Gasteiger partial charge < -0.3 is 22.2 Å². The predicted octanol–water partition coefficient (Wildman–Crippen LogP) is 3.00. The maximum Gasteiger partial charge on any atom is 2.00 e. The van der Waals surface area contributed by atoms with Crippen molar-refractivity contribution in [2.24, 2.45) is 11.8 Å². The van der Waals surface area contributed by atoms with E-state index in [9.17, 15) is 0 Å². The first-order valence-corrected chi connectivity index (χ1v) is 13.0. The molecule has 6 heteroatoms. The van der Waals surface area contributed by atoms with E-state index in [0.29, 0.717) is 5.92 Å². The van der Waals surface area contributed by atoms with Crippen molar-refractivity contribution >= 4 is 94.9 Å². The normalized spacial score (nSPS) is 22.4. The fourth-order valence-electron chi connectivity index (χ4n) is 1.85. The standard InChI is InChI=1S/C7H11Cl.C7H11.ClH.I2.2Mg.2H/c8-6-7-4-2-1-3-5-7;1-7-5-3-2-4-6-7;;1-2;;;;/h1-2,7H,3-6H2;2-3,7H,1,4-6H2;1H;;;;;/q;-1;;;2*+2;2*-1/p-1. The van der Waals surface area contributed by atoms with E-state index >= 15 is 0 Å². The predicted molar refractivity (Wildman–Crippen MR) is 111 cm³/mol. The van der Waals surface area contributed by atoms with Crippen molar-refractivity contribution in [1.29, 1.82) is 0 Å². The van der Waals surface area contributed by atoms with E-state index in [1.54, 1.807) is 0 Å². The molecule has 2 atom stereocenters. The third-order valence-electron chi connectivity index (χ3n) is 2.97. The molecule has 0 aromatic carbocycles. The summed E-state index contributed by atoms with van der Waals surface area (Å²) in [6.45, 7) is 3.95. The van der Waals surface area contributed by atoms with Crippen LogP contribution in [0.2, 0.25) is 0 Å². The molecule has 112 valence electrons. The topological polar surface area (TPSA) is 0 Å². The van der Waals surface area contributed by atoms with Gasteiger partial charge in [-0.25, -0.2) is 0 Å². The Morgan fingerprint density at radius 2 is 1.50 bits per heavy atom. The van der Waals surface area contributed by atoms with Gasteiger partial charge in [0.25, 0.3) is 0 Å². The van der Waals surface area contributed by atoms with Gasteiger partial charge in [-0.15, -0.1) is 11.6 Å². The molecule has 0 spiro atoms. The fraction of sp³-hybridized carbons (Fsp3) is 0.643. The van der Waals surface area contributed by atoms with E-state index in [4.69, 9.17) is 11.6 Å². The van der Waals surface area contributed by atoms with E-state index in [-0.39, 0.29) is 61.4 Å². The summed E-state index contributed by atoms with van der Waals surface area (Å²) in [5.41, 5.74) is 0. The van der Waals surface area contributed by atoms with Crippen LogP contribution in [-0.2, 0) is 0 Å². The monoisotopic (exact) mass is 564 g/mol. The molecule has 0 radical (unpaired) electrons. The molecule has 0 heterocycles. The van der Waals surface area contributed by atoms with Gasteiger partial charge in [0.15, 0.2) is 0 Å². The Hall–Kier alpha value is 3.05. The molecule has 0 N–H and O–H groups in total. The zero-order valence-electron chi connectivity index (χ0n) is 14.0. The van der Waals surface area contributed by atoms with Crippen LogP contribution in [0.1, 0.15) is 41.4 Å². The minimum atomic E-state index is 0. The van der Waals surface area contributed by atoms with Crippen molar-refractivity contribution in [2.45, 2.75) is 38.5 Å². The van der Waals surface area contributed by atoms with E-state index in [1.165, 1.54) is 38.5 Å². The summed E-state index contributed by atoms with van der Waals surface area (Å²) in [7, 11) is 0. The van der Waals surface area contributed by atoms with E-state index in [0.717, 1.165) is 11.8 Å². The smallest absolute Gasteiger partial charge is 1.00 e. The molecule has 0 saturated carbocycles. The van der Waals surface area contributed by atoms with Gasteiger partial charge in [0.2, 0.25) is 0 Å². The molecule has 0 aromatic heterocycles. The maximum absolute atomic E-state index is 5.65. The van der Waals surface area contributed by atoms with Crippen LogP contribution in [0.15, 0.2) is 24.3 Å². The quantitative estimate of drug-likeness (QED) is 0.151. The van der Waals surface area contributed by atoms with Crippen molar-refractivity contribution in [2.75, 3.05) is 5.88 Å². The van der Waals surface area contributed by atoms with Crippen LogP contribution in [-0.4, -0.2) is 52.0 Å². The van der Waals surface area contributed by atoms with Gasteiger partial charge in [0.1, 0.15) is 0 Å². The van der Waals surface area contributed by atoms with Gasteiger partial charge >= 0.3 is 46.1 Å². The number of alkyl halides is 1. The Morgan fingerprint density at radius 1 is 1.00 bits per heavy atom. The van der Waals surface area contributed by atoms with Gasteiger partial charge in [-0.3, -0.25) is 0 Å². The summed E-state index contributed by atoms with van der Waals surface area (Å²) in [5.74, 6) is 2.30. The number of hydrogen-bond donors (Lipinski definition) is 0. The maximum atomic E-state index is 5.65. The second-order valence-electron chi connectivity index (χ2n) is 4.46. The molecule has 2 unspecified atom stereocenters. The van der Waals surface area contributed by atoms with Crippen molar-refractivity contribution < 1.29 is 15.3 Å². The Balaban J connectivity index is -0.0000000435. The molecule has 2 aliphatic rings. The summed E-state index contributed by atoms with van der Waals surface area (Å²) in [5, 5.41) is 0. The largest absolute Gasteiger partial charge is 2.00 e. The Kier molecular flexibility index (Phi) is 37.5. The molecule has 0 bridgehead atoms. The first-order valence-electron chi connectivity index (χ1n) is 6.16. The summed E-state index contributed by atoms with van der Waals surface area (Å²) >= 11 is 9.89. The van der Waals surface area contributed by atoms with Crippen molar-refractivity contribution in [3.63, 3.8) is 0 Å². The second-order valence-corrected chi connectivity index (χ2v) is 4.76. The fourth-order valence-corrected chi connectivity index (χ4v) is 2.13. The molecular formula is C14H24Cl2I2Mg2. The average Bonchev–Trinajstić information content (AvgIpc) is 2.43. The molecule has 0 amide bonds. The van der Waals surface area contributed by atoms with Crippen molar-refractivity contribution in [3.05, 3.63) is 31.2 Å². The molecule has 2 rings (SSSR count). The van der Waals surface area contributed by atoms with Crippen LogP contribution in [0.4, 0.5) is 0 Å². The molecule has 20 heavy (non-hydrogen) atoms. The summed E-state index contributed by atoms with van der Waals surface area (Å²) in [4.78, 5) is 0. The van der Waals surface area contributed by atoms with Crippen LogP contribution < -0.4 is 12.4 Å². The zero-order chi connectivity index (χ0) is 12.9. The molecule has 0 aliphatic heterocycles. The van der Waals surface area contributed by atoms with Crippen LogP contribution in [0, 0.1) is 18.8 Å². The molecule has 0 nitrogen and oxygen atoms in total. The van der Waals surface area contributed by atoms with Gasteiger partial charge in [0, 0.05) is 43.1 Å². The van der Waals surface area contributed by atoms with E-state index in [2.05, 4.69) is 68.5 Å².